The van der Waals surface area contributed by atoms with Crippen molar-refractivity contribution < 1.29 is 38.3 Å². The predicted octanol–water partition coefficient (Wildman–Crippen LogP) is 14.4. The summed E-state index contributed by atoms with van der Waals surface area (Å²) in [6.07, 6.45) is 12.1. The van der Waals surface area contributed by atoms with Gasteiger partial charge in [0.15, 0.2) is 0 Å². The molecule has 0 heterocycles. The summed E-state index contributed by atoms with van der Waals surface area (Å²) >= 11 is -0.583. The molecule has 0 spiro atoms. The number of aliphatic hydroxyl groups is 1. The summed E-state index contributed by atoms with van der Waals surface area (Å²) in [6.45, 7) is 17.2. The molecular formula is C57H83IO8Sn. The Morgan fingerprint density at radius 2 is 1.25 bits per heavy atom. The van der Waals surface area contributed by atoms with Crippen molar-refractivity contribution in [3.63, 3.8) is 0 Å². The second kappa shape index (κ2) is 30.5. The van der Waals surface area contributed by atoms with E-state index in [1.165, 1.54) is 64.5 Å². The molecule has 0 unspecified atom stereocenters. The maximum absolute atomic E-state index is 14.5. The van der Waals surface area contributed by atoms with Crippen LogP contribution in [-0.4, -0.2) is 82.8 Å². The van der Waals surface area contributed by atoms with Gasteiger partial charge in [0.25, 0.3) is 0 Å². The van der Waals surface area contributed by atoms with E-state index in [1.807, 2.05) is 86.7 Å². The van der Waals surface area contributed by atoms with Gasteiger partial charge in [-0.2, -0.15) is 0 Å². The third kappa shape index (κ3) is 17.4. The molecule has 0 aliphatic heterocycles. The number of esters is 1. The van der Waals surface area contributed by atoms with E-state index in [1.54, 1.807) is 27.4 Å². The third-order valence-electron chi connectivity index (χ3n) is 13.1. The number of benzene rings is 3. The molecule has 6 atom stereocenters. The maximum atomic E-state index is 14.5. The van der Waals surface area contributed by atoms with Crippen molar-refractivity contribution in [2.45, 2.75) is 138 Å². The summed E-state index contributed by atoms with van der Waals surface area (Å²) in [5, 5.41) is 11.2. The van der Waals surface area contributed by atoms with Crippen molar-refractivity contribution in [1.82, 2.24) is 0 Å². The van der Waals surface area contributed by atoms with E-state index in [-0.39, 0.29) is 30.1 Å². The third-order valence-corrected chi connectivity index (χ3v) is 28.3. The Kier molecular flexibility index (Phi) is 26.5. The second-order valence-corrected chi connectivity index (χ2v) is 32.1. The van der Waals surface area contributed by atoms with Gasteiger partial charge in [-0.1, -0.05) is 35.1 Å². The molecule has 0 aliphatic carbocycles. The quantitative estimate of drug-likeness (QED) is 0.0130. The topological polar surface area (TPSA) is 92.7 Å². The van der Waals surface area contributed by atoms with Gasteiger partial charge in [-0.05, 0) is 23.3 Å². The molecule has 0 saturated carbocycles. The average molecular weight is 1140 g/mol. The molecule has 10 heteroatoms. The zero-order valence-corrected chi connectivity index (χ0v) is 47.8. The minimum atomic E-state index is -2.83. The predicted molar refractivity (Wildman–Crippen MR) is 288 cm³/mol. The first-order valence-electron chi connectivity index (χ1n) is 24.5. The summed E-state index contributed by atoms with van der Waals surface area (Å²) in [5.41, 5.74) is 3.70. The Balaban J connectivity index is 2.20. The summed E-state index contributed by atoms with van der Waals surface area (Å²) in [7, 11) is 6.52. The zero-order chi connectivity index (χ0) is 49.4. The van der Waals surface area contributed by atoms with E-state index >= 15 is 0 Å². The van der Waals surface area contributed by atoms with E-state index in [0.717, 1.165) is 40.2 Å². The average Bonchev–Trinajstić information content (AvgIpc) is 3.35. The number of carbonyl (C=O) groups is 1. The van der Waals surface area contributed by atoms with Gasteiger partial charge in [0.05, 0.1) is 14.2 Å². The SMILES string of the molecule is CCC[CH2][Sn](/[CH]=C/[C@H](OC)[C@H](OC(=O)/C(=C/C(C)=C/[C@@H](C)[C@@H](O)[C@@H](C)C/C(C)=C/I)OC)[C@@H](C)COC(c1ccccc1)(c1ccc(OC)cc1)c1ccc(OC)cc1)([CH2]CCC)[CH2]CCC. The van der Waals surface area contributed by atoms with Crippen molar-refractivity contribution in [2.75, 3.05) is 35.0 Å². The molecule has 8 nitrogen and oxygen atoms in total. The Bertz CT molecular complexity index is 1920. The summed E-state index contributed by atoms with van der Waals surface area (Å²) < 4.78 is 45.9. The molecule has 3 aromatic carbocycles. The molecule has 0 fully saturated rings. The molecule has 370 valence electrons. The molecule has 0 bridgehead atoms. The van der Waals surface area contributed by atoms with Crippen LogP contribution in [0.5, 0.6) is 11.5 Å². The molecule has 67 heavy (non-hydrogen) atoms. The van der Waals surface area contributed by atoms with Gasteiger partial charge in [-0.25, -0.2) is 0 Å². The van der Waals surface area contributed by atoms with Gasteiger partial charge < -0.3 is 14.6 Å². The van der Waals surface area contributed by atoms with Crippen LogP contribution >= 0.6 is 22.6 Å². The summed E-state index contributed by atoms with van der Waals surface area (Å²) in [6, 6.07) is 26.2. The van der Waals surface area contributed by atoms with E-state index in [4.69, 9.17) is 28.4 Å². The summed E-state index contributed by atoms with van der Waals surface area (Å²) in [5.74, 6) is 0.493. The van der Waals surface area contributed by atoms with E-state index in [0.29, 0.717) is 0 Å². The Morgan fingerprint density at radius 3 is 1.70 bits per heavy atom. The normalized spacial score (nSPS) is 15.7. The number of allylic oxidation sites excluding steroid dienone is 3. The van der Waals surface area contributed by atoms with Crippen LogP contribution in [0.15, 0.2) is 122 Å². The number of ether oxygens (including phenoxy) is 6. The Morgan fingerprint density at radius 1 is 0.746 bits per heavy atom. The van der Waals surface area contributed by atoms with Crippen molar-refractivity contribution >= 4 is 46.9 Å². The molecule has 3 aromatic rings. The molecular weight excluding hydrogens is 1060 g/mol. The number of hydrogen-bond donors (Lipinski definition) is 1. The van der Waals surface area contributed by atoms with Crippen molar-refractivity contribution in [2.24, 2.45) is 17.8 Å². The van der Waals surface area contributed by atoms with Crippen LogP contribution in [0.3, 0.4) is 0 Å². The molecule has 0 radical (unpaired) electrons. The monoisotopic (exact) mass is 1140 g/mol. The van der Waals surface area contributed by atoms with E-state index in [9.17, 15) is 9.90 Å². The van der Waals surface area contributed by atoms with Gasteiger partial charge in [0, 0.05) is 0 Å². The molecule has 0 saturated heterocycles. The van der Waals surface area contributed by atoms with Crippen LogP contribution in [-0.2, 0) is 29.3 Å². The fourth-order valence-corrected chi connectivity index (χ4v) is 23.7. The van der Waals surface area contributed by atoms with Crippen LogP contribution in [0, 0.1) is 17.8 Å². The zero-order valence-electron chi connectivity index (χ0n) is 42.8. The van der Waals surface area contributed by atoms with Crippen molar-refractivity contribution in [3.8, 4) is 11.5 Å². The van der Waals surface area contributed by atoms with Crippen LogP contribution in [0.1, 0.15) is 117 Å². The molecule has 1 N–H and O–H groups in total. The number of rotatable bonds is 31. The van der Waals surface area contributed by atoms with Crippen LogP contribution in [0.4, 0.5) is 0 Å². The van der Waals surface area contributed by atoms with Gasteiger partial charge in [0.1, 0.15) is 0 Å². The first kappa shape index (κ1) is 58.2. The van der Waals surface area contributed by atoms with Gasteiger partial charge >= 0.3 is 339 Å². The van der Waals surface area contributed by atoms with Crippen molar-refractivity contribution in [1.29, 1.82) is 0 Å². The number of aliphatic hydroxyl groups excluding tert-OH is 1. The number of unbranched alkanes of at least 4 members (excludes halogenated alkanes) is 3. The minimum absolute atomic E-state index is 0.0637. The standard InChI is InChI=1S/C45H56IO8.3C4H9.Sn/c1-11-40(51-9)43(54-44(48)41(52-10)27-30(2)25-32(4)42(47)33(5)26-31(3)28-46)34(6)29-53-45(35-15-13-12-14-16-35,36-17-21-38(49-7)22-18-36)37-19-23-39(50-8)24-20-37;3*1-3-4-2;/h1,11-25,27-28,32-34,40,42-43,47H,26,29H2,2-10H3;3*1,3-4H2,2H3;/b11-1?,30-25+,31-28+,41-27-;;;;/t32-,33+,34+,40+,42-,43-;;;;/m1..../s1. The van der Waals surface area contributed by atoms with Gasteiger partial charge in [-0.3, -0.25) is 0 Å². The molecule has 3 rings (SSSR count). The first-order chi connectivity index (χ1) is 32.2. The molecule has 0 amide bonds. The second-order valence-electron chi connectivity index (χ2n) is 18.5. The Hall–Kier alpha value is -3.10. The number of hydrogen-bond acceptors (Lipinski definition) is 8. The molecule has 0 aliphatic rings. The van der Waals surface area contributed by atoms with Gasteiger partial charge in [-0.15, -0.1) is 0 Å². The molecule has 0 aromatic heterocycles. The summed E-state index contributed by atoms with van der Waals surface area (Å²) in [4.78, 5) is 14.5. The Labute approximate surface area is 423 Å². The van der Waals surface area contributed by atoms with E-state index in [2.05, 4.69) is 90.5 Å². The number of methoxy groups -OCH3 is 4. The van der Waals surface area contributed by atoms with Crippen LogP contribution in [0.2, 0.25) is 13.3 Å². The first-order valence-corrected chi connectivity index (χ1v) is 33.5. The fraction of sp³-hybridized carbons (Fsp3) is 0.526. The van der Waals surface area contributed by atoms with Crippen molar-refractivity contribution in [3.05, 3.63) is 139 Å². The van der Waals surface area contributed by atoms with E-state index < -0.39 is 48.3 Å². The van der Waals surface area contributed by atoms with Crippen LogP contribution in [0.25, 0.3) is 0 Å². The van der Waals surface area contributed by atoms with Gasteiger partial charge in [0.2, 0.25) is 0 Å². The van der Waals surface area contributed by atoms with Crippen LogP contribution < -0.4 is 9.47 Å². The number of carbonyl (C=O) groups excluding carboxylic acids is 1. The fourth-order valence-electron chi connectivity index (χ4n) is 9.11. The number of halogens is 1.